The summed E-state index contributed by atoms with van der Waals surface area (Å²) in [6.45, 7) is -0.969. The van der Waals surface area contributed by atoms with Crippen molar-refractivity contribution in [1.29, 1.82) is 0 Å². The predicted molar refractivity (Wildman–Crippen MR) is 87.7 cm³/mol. The Labute approximate surface area is 143 Å². The van der Waals surface area contributed by atoms with Gasteiger partial charge in [-0.2, -0.15) is 0 Å². The summed E-state index contributed by atoms with van der Waals surface area (Å²) in [5, 5.41) is 17.3. The lowest BCUT2D eigenvalue weighted by molar-refractivity contribution is -0.725. The van der Waals surface area contributed by atoms with Crippen LogP contribution < -0.4 is 15.7 Å². The van der Waals surface area contributed by atoms with Crippen LogP contribution in [0.5, 0.6) is 0 Å². The zero-order chi connectivity index (χ0) is 17.6. The molecule has 0 atom stereocenters. The fourth-order valence-corrected chi connectivity index (χ4v) is 3.36. The minimum atomic E-state index is -1.39. The Kier molecular flexibility index (Phi) is 10.6. The number of nitrogens with zero attached hydrogens (tertiary/aromatic N) is 3. The van der Waals surface area contributed by atoms with E-state index in [2.05, 4.69) is 15.3 Å². The Morgan fingerprint density at radius 1 is 1.04 bits per heavy atom. The van der Waals surface area contributed by atoms with Gasteiger partial charge in [0.15, 0.2) is 0 Å². The number of carbonyl (C=O) groups is 2. The number of hydrogen-bond donors (Lipinski definition) is 2. The summed E-state index contributed by atoms with van der Waals surface area (Å²) in [4.78, 5) is 22.5. The average Bonchev–Trinajstić information content (AvgIpc) is 2.60. The molecule has 0 radical (unpaired) electrons. The SMILES string of the molecule is C1CCC([NH2+]C2CCCCC2)CC1.[N-]=[N+]=NCC(=O)NCC(=O)[O-]. The van der Waals surface area contributed by atoms with E-state index < -0.39 is 25.0 Å². The number of carboxylic acids is 1. The predicted octanol–water partition coefficient (Wildman–Crippen LogP) is 0.378. The van der Waals surface area contributed by atoms with Gasteiger partial charge in [-0.25, -0.2) is 0 Å². The Morgan fingerprint density at radius 2 is 1.54 bits per heavy atom. The zero-order valence-corrected chi connectivity index (χ0v) is 14.3. The molecule has 0 aromatic carbocycles. The molecule has 0 aromatic rings. The van der Waals surface area contributed by atoms with Gasteiger partial charge in [-0.15, -0.1) is 0 Å². The summed E-state index contributed by atoms with van der Waals surface area (Å²) in [6.07, 6.45) is 15.0. The molecule has 2 aliphatic carbocycles. The van der Waals surface area contributed by atoms with Crippen LogP contribution in [0.4, 0.5) is 0 Å². The van der Waals surface area contributed by atoms with Crippen LogP contribution >= 0.6 is 0 Å². The van der Waals surface area contributed by atoms with E-state index in [1.807, 2.05) is 5.32 Å². The Hall–Kier alpha value is -1.79. The van der Waals surface area contributed by atoms with Crippen molar-refractivity contribution in [3.8, 4) is 0 Å². The van der Waals surface area contributed by atoms with Gasteiger partial charge in [-0.3, -0.25) is 4.79 Å². The lowest BCUT2D eigenvalue weighted by Gasteiger charge is -2.27. The summed E-state index contributed by atoms with van der Waals surface area (Å²) in [6, 6.07) is 1.99. The molecule has 0 unspecified atom stereocenters. The van der Waals surface area contributed by atoms with Gasteiger partial charge < -0.3 is 20.5 Å². The standard InChI is InChI=1S/C12H23N.C4H6N4O3/c1-3-7-11(8-4-1)13-12-9-5-2-6-10-12;5-8-7-1-3(9)6-2-4(10)11/h11-13H,1-10H2;1-2H2,(H,6,9)(H,10,11). The van der Waals surface area contributed by atoms with Gasteiger partial charge in [-0.05, 0) is 56.9 Å². The summed E-state index contributed by atoms with van der Waals surface area (Å²) in [5.74, 6) is -2.04. The number of aliphatic carboxylic acids is 1. The van der Waals surface area contributed by atoms with Crippen LogP contribution in [0.2, 0.25) is 0 Å². The molecule has 2 fully saturated rings. The molecule has 8 nitrogen and oxygen atoms in total. The van der Waals surface area contributed by atoms with Gasteiger partial charge in [-0.1, -0.05) is 18.0 Å². The Balaban J connectivity index is 0.000000245. The number of nitrogens with two attached hydrogens (primary N) is 1. The van der Waals surface area contributed by atoms with E-state index in [0.717, 1.165) is 12.1 Å². The fourth-order valence-electron chi connectivity index (χ4n) is 3.36. The highest BCUT2D eigenvalue weighted by molar-refractivity contribution is 5.81. The number of azide groups is 1. The maximum atomic E-state index is 10.4. The van der Waals surface area contributed by atoms with Gasteiger partial charge >= 0.3 is 0 Å². The summed E-state index contributed by atoms with van der Waals surface area (Å²) in [5.41, 5.74) is 7.74. The smallest absolute Gasteiger partial charge is 0.226 e. The van der Waals surface area contributed by atoms with Crippen molar-refractivity contribution in [2.45, 2.75) is 76.3 Å². The molecule has 1 amide bonds. The van der Waals surface area contributed by atoms with E-state index >= 15 is 0 Å². The molecule has 0 bridgehead atoms. The van der Waals surface area contributed by atoms with Crippen molar-refractivity contribution >= 4 is 11.9 Å². The lowest BCUT2D eigenvalue weighted by Crippen LogP contribution is -2.95. The average molecular weight is 339 g/mol. The first-order chi connectivity index (χ1) is 11.6. The maximum absolute atomic E-state index is 10.4. The number of hydrogen-bond acceptors (Lipinski definition) is 4. The van der Waals surface area contributed by atoms with Crippen LogP contribution in [-0.2, 0) is 9.59 Å². The van der Waals surface area contributed by atoms with Crippen molar-refractivity contribution in [2.75, 3.05) is 13.1 Å². The van der Waals surface area contributed by atoms with Gasteiger partial charge in [0, 0.05) is 4.91 Å². The van der Waals surface area contributed by atoms with E-state index in [0.29, 0.717) is 0 Å². The first-order valence-corrected chi connectivity index (χ1v) is 8.94. The third-order valence-electron chi connectivity index (χ3n) is 4.55. The van der Waals surface area contributed by atoms with Crippen molar-refractivity contribution in [3.05, 3.63) is 10.4 Å². The first kappa shape index (κ1) is 20.3. The Bertz CT molecular complexity index is 409. The summed E-state index contributed by atoms with van der Waals surface area (Å²) in [7, 11) is 0. The number of carbonyl (C=O) groups excluding carboxylic acids is 2. The van der Waals surface area contributed by atoms with E-state index in [1.54, 1.807) is 0 Å². The van der Waals surface area contributed by atoms with Gasteiger partial charge in [0.25, 0.3) is 0 Å². The van der Waals surface area contributed by atoms with E-state index in [1.165, 1.54) is 64.2 Å². The minimum absolute atomic E-state index is 0.399. The second-order valence-electron chi connectivity index (χ2n) is 6.53. The second kappa shape index (κ2) is 12.6. The molecule has 0 aliphatic heterocycles. The molecule has 3 N–H and O–H groups in total. The molecule has 8 heteroatoms. The summed E-state index contributed by atoms with van der Waals surface area (Å²) >= 11 is 0. The monoisotopic (exact) mass is 339 g/mol. The molecule has 0 spiro atoms. The van der Waals surface area contributed by atoms with Crippen LogP contribution in [0, 0.1) is 0 Å². The van der Waals surface area contributed by atoms with Crippen LogP contribution in [-0.4, -0.2) is 37.0 Å². The largest absolute Gasteiger partial charge is 0.548 e. The molecule has 136 valence electrons. The van der Waals surface area contributed by atoms with E-state index in [-0.39, 0.29) is 0 Å². The molecule has 2 rings (SSSR count). The lowest BCUT2D eigenvalue weighted by atomic mass is 9.91. The third kappa shape index (κ3) is 10.1. The van der Waals surface area contributed by atoms with Gasteiger partial charge in [0.1, 0.15) is 6.54 Å². The fraction of sp³-hybridized carbons (Fsp3) is 0.875. The number of rotatable bonds is 6. The molecule has 0 saturated heterocycles. The number of carboxylic acid groups (broad SMARTS) is 1. The van der Waals surface area contributed by atoms with E-state index in [4.69, 9.17) is 5.53 Å². The highest BCUT2D eigenvalue weighted by Crippen LogP contribution is 2.18. The molecular weight excluding hydrogens is 310 g/mol. The van der Waals surface area contributed by atoms with Crippen LogP contribution in [0.25, 0.3) is 10.4 Å². The van der Waals surface area contributed by atoms with Crippen molar-refractivity contribution in [3.63, 3.8) is 0 Å². The maximum Gasteiger partial charge on any atom is 0.226 e. The minimum Gasteiger partial charge on any atom is -0.548 e. The first-order valence-electron chi connectivity index (χ1n) is 8.94. The summed E-state index contributed by atoms with van der Waals surface area (Å²) < 4.78 is 0. The number of amides is 1. The van der Waals surface area contributed by atoms with Crippen LogP contribution in [0.1, 0.15) is 64.2 Å². The molecule has 2 aliphatic rings. The zero-order valence-electron chi connectivity index (χ0n) is 14.3. The highest BCUT2D eigenvalue weighted by Gasteiger charge is 2.22. The van der Waals surface area contributed by atoms with Crippen molar-refractivity contribution in [1.82, 2.24) is 5.32 Å². The van der Waals surface area contributed by atoms with Gasteiger partial charge in [0.2, 0.25) is 5.91 Å². The molecule has 0 aromatic heterocycles. The highest BCUT2D eigenvalue weighted by atomic mass is 16.4. The van der Waals surface area contributed by atoms with E-state index in [9.17, 15) is 14.7 Å². The molecule has 0 heterocycles. The molecule has 24 heavy (non-hydrogen) atoms. The number of quaternary nitrogens is 1. The van der Waals surface area contributed by atoms with Gasteiger partial charge in [0.05, 0.1) is 24.6 Å². The van der Waals surface area contributed by atoms with Crippen molar-refractivity contribution in [2.24, 2.45) is 5.11 Å². The second-order valence-corrected chi connectivity index (χ2v) is 6.53. The van der Waals surface area contributed by atoms with Crippen molar-refractivity contribution < 1.29 is 20.0 Å². The molecule has 2 saturated carbocycles. The third-order valence-corrected chi connectivity index (χ3v) is 4.55. The topological polar surface area (TPSA) is 135 Å². The van der Waals surface area contributed by atoms with Crippen LogP contribution in [0.15, 0.2) is 5.11 Å². The molecular formula is C16H29N5O3. The normalized spacial score (nSPS) is 18.7. The quantitative estimate of drug-likeness (QED) is 0.411. The Morgan fingerprint density at radius 3 is 1.96 bits per heavy atom. The van der Waals surface area contributed by atoms with Crippen LogP contribution in [0.3, 0.4) is 0 Å². The number of nitrogens with one attached hydrogen (secondary N) is 1.